The summed E-state index contributed by atoms with van der Waals surface area (Å²) in [6.45, 7) is 0.169. The van der Waals surface area contributed by atoms with Gasteiger partial charge in [0, 0.05) is 21.2 Å². The summed E-state index contributed by atoms with van der Waals surface area (Å²) in [4.78, 5) is 22.3. The summed E-state index contributed by atoms with van der Waals surface area (Å²) in [5, 5.41) is 6.46. The number of hydrogen-bond donors (Lipinski definition) is 1. The van der Waals surface area contributed by atoms with Crippen molar-refractivity contribution in [1.82, 2.24) is 15.1 Å². The Bertz CT molecular complexity index is 656. The number of hydrogen-bond acceptors (Lipinski definition) is 8. The highest BCUT2D eigenvalue weighted by atomic mass is 16.5. The highest BCUT2D eigenvalue weighted by molar-refractivity contribution is 6.06. The molecule has 0 aromatic carbocycles. The van der Waals surface area contributed by atoms with E-state index in [1.165, 1.54) is 26.8 Å². The van der Waals surface area contributed by atoms with Crippen LogP contribution >= 0.6 is 0 Å². The van der Waals surface area contributed by atoms with Gasteiger partial charge in [-0.3, -0.25) is 4.79 Å². The summed E-state index contributed by atoms with van der Waals surface area (Å²) >= 11 is 0. The van der Waals surface area contributed by atoms with Gasteiger partial charge >= 0.3 is 0 Å². The molecule has 0 bridgehead atoms. The largest absolute Gasteiger partial charge is 0.479 e. The number of amides is 1. The van der Waals surface area contributed by atoms with Crippen LogP contribution in [0.1, 0.15) is 16.1 Å². The van der Waals surface area contributed by atoms with Gasteiger partial charge in [-0.25, -0.2) is 4.98 Å². The number of carbonyl (C=O) groups is 1. The average molecular weight is 307 g/mol. The minimum Gasteiger partial charge on any atom is -0.479 e. The number of ether oxygens (including phenoxy) is 2. The fourth-order valence-corrected chi connectivity index (χ4v) is 1.83. The summed E-state index contributed by atoms with van der Waals surface area (Å²) in [6, 6.07) is 0. The molecule has 0 aliphatic rings. The van der Waals surface area contributed by atoms with Gasteiger partial charge in [0.1, 0.15) is 29.5 Å². The molecule has 2 aromatic rings. The molecule has 118 valence electrons. The Morgan fingerprint density at radius 1 is 1.36 bits per heavy atom. The van der Waals surface area contributed by atoms with Crippen molar-refractivity contribution in [3.05, 3.63) is 23.8 Å². The molecule has 0 saturated heterocycles. The lowest BCUT2D eigenvalue weighted by Crippen LogP contribution is -2.19. The Morgan fingerprint density at radius 3 is 2.77 bits per heavy atom. The summed E-state index contributed by atoms with van der Waals surface area (Å²) in [5.41, 5.74) is 1.05. The number of rotatable bonds is 6. The van der Waals surface area contributed by atoms with E-state index in [0.717, 1.165) is 0 Å². The standard InChI is InChI=1S/C13H17N5O4/c1-18(2)11-10(13(21-4)15-7-14-11)16-12(19)8-5-22-17-9(8)6-20-3/h5,7H,6H2,1-4H3,(H,16,19). The van der Waals surface area contributed by atoms with E-state index in [0.29, 0.717) is 17.2 Å². The van der Waals surface area contributed by atoms with Crippen LogP contribution in [-0.4, -0.2) is 49.3 Å². The van der Waals surface area contributed by atoms with Crippen molar-refractivity contribution < 1.29 is 18.8 Å². The lowest BCUT2D eigenvalue weighted by Gasteiger charge is -2.17. The highest BCUT2D eigenvalue weighted by Crippen LogP contribution is 2.30. The fraction of sp³-hybridized carbons (Fsp3) is 0.385. The second-order valence-electron chi connectivity index (χ2n) is 4.54. The van der Waals surface area contributed by atoms with Crippen LogP contribution in [0, 0.1) is 0 Å². The van der Waals surface area contributed by atoms with E-state index in [-0.39, 0.29) is 18.1 Å². The zero-order chi connectivity index (χ0) is 16.1. The molecule has 0 radical (unpaired) electrons. The van der Waals surface area contributed by atoms with E-state index < -0.39 is 5.91 Å². The second-order valence-corrected chi connectivity index (χ2v) is 4.54. The maximum Gasteiger partial charge on any atom is 0.261 e. The molecule has 0 spiro atoms. The van der Waals surface area contributed by atoms with Gasteiger partial charge in [-0.15, -0.1) is 0 Å². The van der Waals surface area contributed by atoms with Crippen LogP contribution in [-0.2, 0) is 11.3 Å². The van der Waals surface area contributed by atoms with Crippen LogP contribution in [0.3, 0.4) is 0 Å². The van der Waals surface area contributed by atoms with E-state index in [1.807, 2.05) is 0 Å². The molecule has 1 amide bonds. The Kier molecular flexibility index (Phi) is 4.89. The van der Waals surface area contributed by atoms with Gasteiger partial charge in [-0.1, -0.05) is 5.16 Å². The van der Waals surface area contributed by atoms with Crippen molar-refractivity contribution in [3.63, 3.8) is 0 Å². The smallest absolute Gasteiger partial charge is 0.261 e. The van der Waals surface area contributed by atoms with Crippen molar-refractivity contribution >= 4 is 17.4 Å². The number of nitrogens with zero attached hydrogens (tertiary/aromatic N) is 4. The highest BCUT2D eigenvalue weighted by Gasteiger charge is 2.21. The Morgan fingerprint density at radius 2 is 2.14 bits per heavy atom. The van der Waals surface area contributed by atoms with Gasteiger partial charge in [0.05, 0.1) is 13.7 Å². The van der Waals surface area contributed by atoms with Crippen LogP contribution < -0.4 is 15.0 Å². The third kappa shape index (κ3) is 3.14. The number of aromatic nitrogens is 3. The molecule has 0 unspecified atom stereocenters. The molecule has 1 N–H and O–H groups in total. The van der Waals surface area contributed by atoms with Crippen molar-refractivity contribution in [1.29, 1.82) is 0 Å². The first-order valence-electron chi connectivity index (χ1n) is 6.38. The normalized spacial score (nSPS) is 10.4. The molecule has 0 saturated carbocycles. The first-order valence-corrected chi connectivity index (χ1v) is 6.38. The molecule has 0 fully saturated rings. The van der Waals surface area contributed by atoms with Crippen LogP contribution in [0.15, 0.2) is 17.1 Å². The molecule has 9 heteroatoms. The molecule has 2 aromatic heterocycles. The summed E-state index contributed by atoms with van der Waals surface area (Å²) in [5.74, 6) is 0.367. The first-order chi connectivity index (χ1) is 10.6. The maximum absolute atomic E-state index is 12.4. The molecule has 0 aliphatic heterocycles. The average Bonchev–Trinajstić information content (AvgIpc) is 2.96. The molecule has 0 atom stereocenters. The van der Waals surface area contributed by atoms with Crippen LogP contribution in [0.25, 0.3) is 0 Å². The molecule has 9 nitrogen and oxygen atoms in total. The Hall–Kier alpha value is -2.68. The van der Waals surface area contributed by atoms with E-state index in [9.17, 15) is 4.79 Å². The molecule has 2 heterocycles. The van der Waals surface area contributed by atoms with Gasteiger partial charge < -0.3 is 24.2 Å². The van der Waals surface area contributed by atoms with Gasteiger partial charge in [-0.05, 0) is 0 Å². The Balaban J connectivity index is 2.33. The number of nitrogens with one attached hydrogen (secondary N) is 1. The lowest BCUT2D eigenvalue weighted by atomic mass is 10.2. The summed E-state index contributed by atoms with van der Waals surface area (Å²) in [6.07, 6.45) is 2.62. The number of methoxy groups -OCH3 is 2. The molecule has 2 rings (SSSR count). The van der Waals surface area contributed by atoms with Gasteiger partial charge in [-0.2, -0.15) is 4.98 Å². The van der Waals surface area contributed by atoms with Gasteiger partial charge in [0.2, 0.25) is 5.88 Å². The zero-order valence-corrected chi connectivity index (χ0v) is 12.8. The maximum atomic E-state index is 12.4. The monoisotopic (exact) mass is 307 g/mol. The van der Waals surface area contributed by atoms with Crippen molar-refractivity contribution in [2.24, 2.45) is 0 Å². The zero-order valence-electron chi connectivity index (χ0n) is 12.8. The SMILES string of the molecule is COCc1nocc1C(=O)Nc1c(OC)ncnc1N(C)C. The van der Waals surface area contributed by atoms with E-state index in [2.05, 4.69) is 20.4 Å². The Labute approximate surface area is 127 Å². The quantitative estimate of drug-likeness (QED) is 0.841. The molecular weight excluding hydrogens is 290 g/mol. The summed E-state index contributed by atoms with van der Waals surface area (Å²) < 4.78 is 15.0. The minimum atomic E-state index is -0.412. The van der Waals surface area contributed by atoms with Crippen molar-refractivity contribution in [2.75, 3.05) is 38.5 Å². The first kappa shape index (κ1) is 15.7. The molecular formula is C13H17N5O4. The predicted molar refractivity (Wildman–Crippen MR) is 78.1 cm³/mol. The van der Waals surface area contributed by atoms with Gasteiger partial charge in [0.15, 0.2) is 5.82 Å². The molecule has 22 heavy (non-hydrogen) atoms. The predicted octanol–water partition coefficient (Wildman–Crippen LogP) is 0.938. The molecule has 0 aliphatic carbocycles. The van der Waals surface area contributed by atoms with Crippen LogP contribution in [0.2, 0.25) is 0 Å². The second kappa shape index (κ2) is 6.85. The number of carbonyl (C=O) groups excluding carboxylic acids is 1. The third-order valence-corrected chi connectivity index (χ3v) is 2.82. The van der Waals surface area contributed by atoms with Crippen molar-refractivity contribution in [3.8, 4) is 5.88 Å². The van der Waals surface area contributed by atoms with E-state index in [1.54, 1.807) is 19.0 Å². The lowest BCUT2D eigenvalue weighted by molar-refractivity contribution is 0.102. The van der Waals surface area contributed by atoms with E-state index in [4.69, 9.17) is 14.0 Å². The van der Waals surface area contributed by atoms with Gasteiger partial charge in [0.25, 0.3) is 5.91 Å². The fourth-order valence-electron chi connectivity index (χ4n) is 1.83. The summed E-state index contributed by atoms with van der Waals surface area (Å²) in [7, 11) is 6.57. The third-order valence-electron chi connectivity index (χ3n) is 2.82. The van der Waals surface area contributed by atoms with Crippen molar-refractivity contribution in [2.45, 2.75) is 6.61 Å². The minimum absolute atomic E-state index is 0.169. The topological polar surface area (TPSA) is 103 Å². The van der Waals surface area contributed by atoms with Crippen LogP contribution in [0.5, 0.6) is 5.88 Å². The van der Waals surface area contributed by atoms with E-state index >= 15 is 0 Å². The number of anilines is 2. The van der Waals surface area contributed by atoms with Crippen LogP contribution in [0.4, 0.5) is 11.5 Å².